The number of amides is 7. The highest BCUT2D eigenvalue weighted by molar-refractivity contribution is 6.31. The Morgan fingerprint density at radius 3 is 0.855 bits per heavy atom. The molecule has 7 aliphatic heterocycles. The first-order valence-electron chi connectivity index (χ1n) is 51.9. The van der Waals surface area contributed by atoms with E-state index in [-0.39, 0.29) is 85.9 Å². The Bertz CT molecular complexity index is 5310. The number of anilines is 7. The van der Waals surface area contributed by atoms with Gasteiger partial charge in [-0.05, 0) is 125 Å². The number of rotatable bonds is 12. The van der Waals surface area contributed by atoms with E-state index in [1.165, 1.54) is 28.2 Å². The maximum atomic E-state index is 12.4. The summed E-state index contributed by atoms with van der Waals surface area (Å²) in [5, 5.41) is 20.1. The van der Waals surface area contributed by atoms with E-state index in [0.29, 0.717) is 5.75 Å². The van der Waals surface area contributed by atoms with Crippen LogP contribution in [-0.2, 0) is 40.2 Å². The van der Waals surface area contributed by atoms with Crippen molar-refractivity contribution < 1.29 is 62.7 Å². The third-order valence-corrected chi connectivity index (χ3v) is 27.6. The number of aryl methyl sites for hydroxylation is 6. The topological polar surface area (TPSA) is 242 Å². The lowest BCUT2D eigenvalue weighted by Gasteiger charge is -2.39. The highest BCUT2D eigenvalue weighted by atomic mass is 35.5. The van der Waals surface area contributed by atoms with Gasteiger partial charge in [-0.25, -0.2) is 0 Å². The van der Waals surface area contributed by atoms with Crippen LogP contribution < -0.4 is 53.2 Å². The number of nitrogens with zero attached hydrogens (tertiary/aromatic N) is 14. The molecule has 7 saturated heterocycles. The van der Waals surface area contributed by atoms with Gasteiger partial charge in [-0.3, -0.25) is 33.6 Å². The van der Waals surface area contributed by atoms with E-state index in [2.05, 4.69) is 121 Å². The number of piperazine rings is 7. The first-order chi connectivity index (χ1) is 67.7. The molecule has 800 valence electrons. The number of carbonyl (C=O) groups excluding carboxylic acids is 7. The van der Waals surface area contributed by atoms with Crippen LogP contribution in [0.15, 0.2) is 127 Å². The van der Waals surface area contributed by atoms with Gasteiger partial charge in [0.2, 0.25) is 41.4 Å². The van der Waals surface area contributed by atoms with Crippen LogP contribution in [0.2, 0.25) is 5.02 Å². The molecule has 14 rings (SSSR count). The smallest absolute Gasteiger partial charge is 0.228 e. The van der Waals surface area contributed by atoms with Crippen molar-refractivity contribution >= 4 is 92.8 Å². The molecule has 0 aliphatic carbocycles. The highest BCUT2D eigenvalue weighted by Crippen LogP contribution is 2.38. The predicted molar refractivity (Wildman–Crippen MR) is 595 cm³/mol. The molecule has 0 radical (unpaired) electrons. The summed E-state index contributed by atoms with van der Waals surface area (Å²) in [7, 11) is 6.74. The fourth-order valence-corrected chi connectivity index (χ4v) is 18.6. The van der Waals surface area contributed by atoms with E-state index >= 15 is 0 Å². The van der Waals surface area contributed by atoms with Crippen LogP contribution in [0.3, 0.4) is 0 Å². The van der Waals surface area contributed by atoms with Crippen molar-refractivity contribution in [3.8, 4) is 28.7 Å². The molecule has 0 aromatic heterocycles. The molecule has 7 heterocycles. The molecule has 2 N–H and O–H groups in total. The van der Waals surface area contributed by atoms with Crippen LogP contribution in [0, 0.1) is 86.4 Å². The Labute approximate surface area is 874 Å². The van der Waals surface area contributed by atoms with Gasteiger partial charge in [0, 0.05) is 307 Å². The minimum absolute atomic E-state index is 0.0537. The first-order valence-corrected chi connectivity index (χ1v) is 52.2. The van der Waals surface area contributed by atoms with Crippen molar-refractivity contribution in [3.63, 3.8) is 0 Å². The van der Waals surface area contributed by atoms with E-state index in [9.17, 15) is 43.8 Å². The van der Waals surface area contributed by atoms with E-state index in [4.69, 9.17) is 30.5 Å². The van der Waals surface area contributed by atoms with Gasteiger partial charge in [-0.2, -0.15) is 0 Å². The zero-order valence-electron chi connectivity index (χ0n) is 94.2. The number of phenols is 1. The fraction of sp³-hybridized carbons (Fsp3) is 0.581. The van der Waals surface area contributed by atoms with Crippen molar-refractivity contribution in [1.29, 1.82) is 0 Å². The van der Waals surface area contributed by atoms with E-state index in [0.717, 1.165) is 267 Å². The molecule has 0 spiro atoms. The molecular weight excluding hydrogens is 1840 g/mol. The van der Waals surface area contributed by atoms with Crippen LogP contribution in [0.1, 0.15) is 190 Å². The SMILES string of the molecule is COc1cc(C)cc(N2CCN(C(=O)C(C)(C)C)CC2)c1.COc1cc(N2CCN(C(=O)C(C)(C)C)CC2)cc(OC)c1C.COc1cc(N2CCN(C(=O)C(C)(C)C)CC2)ccc1C.Cc1ccc(N2CCN(C(=O)C(C)(C)C)CC2)c(CO)c1.Cc1ccc(N2CCN(C(=O)C(C)(C)C)CC2)cc1Cl.Cc1ccc(N2CCN(C(=O)C(C)(C)C)CC2)cc1O.Cc1ccccc1N1CCN(C(=O)C(C)(C)C)CC1. The summed E-state index contributed by atoms with van der Waals surface area (Å²) in [5.41, 5.74) is 14.6. The number of hydrogen-bond acceptors (Lipinski definition) is 20. The number of aromatic hydroxyl groups is 1. The number of aliphatic hydroxyl groups is 1. The monoisotopic (exact) mass is 2020 g/mol. The number of para-hydroxylation sites is 1. The van der Waals surface area contributed by atoms with Crippen LogP contribution in [-0.4, -0.2) is 298 Å². The molecule has 0 unspecified atom stereocenters. The number of hydrogen-bond donors (Lipinski definition) is 2. The van der Waals surface area contributed by atoms with Crippen molar-refractivity contribution in [2.24, 2.45) is 37.9 Å². The molecule has 27 nitrogen and oxygen atoms in total. The summed E-state index contributed by atoms with van der Waals surface area (Å²) in [4.78, 5) is 116. The molecule has 7 amide bonds. The third-order valence-electron chi connectivity index (χ3n) is 27.2. The second kappa shape index (κ2) is 51.8. The summed E-state index contributed by atoms with van der Waals surface area (Å²) in [5.74, 6) is 5.41. The number of phenolic OH excluding ortho intramolecular Hbond substituents is 1. The van der Waals surface area contributed by atoms with Gasteiger partial charge in [0.15, 0.2) is 0 Å². The second-order valence-corrected chi connectivity index (χ2v) is 46.9. The summed E-state index contributed by atoms with van der Waals surface area (Å²) in [6.07, 6.45) is 0. The van der Waals surface area contributed by atoms with E-state index < -0.39 is 0 Å². The van der Waals surface area contributed by atoms with Gasteiger partial charge >= 0.3 is 0 Å². The second-order valence-electron chi connectivity index (χ2n) is 46.5. The van der Waals surface area contributed by atoms with E-state index in [1.54, 1.807) is 34.5 Å². The zero-order valence-corrected chi connectivity index (χ0v) is 94.9. The van der Waals surface area contributed by atoms with Gasteiger partial charge in [-0.15, -0.1) is 0 Å². The third kappa shape index (κ3) is 34.1. The quantitative estimate of drug-likeness (QED) is 0.115. The minimum Gasteiger partial charge on any atom is -0.508 e. The lowest BCUT2D eigenvalue weighted by molar-refractivity contribution is -0.140. The zero-order chi connectivity index (χ0) is 108. The van der Waals surface area contributed by atoms with E-state index in [1.807, 2.05) is 263 Å². The molecule has 7 aliphatic rings. The number of halogens is 1. The molecule has 7 aromatic carbocycles. The van der Waals surface area contributed by atoms with Gasteiger partial charge in [0.25, 0.3) is 0 Å². The molecule has 7 aromatic rings. The number of aliphatic hydroxyl groups excluding tert-OH is 1. The lowest BCUT2D eigenvalue weighted by atomic mass is 9.94. The fourth-order valence-electron chi connectivity index (χ4n) is 18.4. The largest absolute Gasteiger partial charge is 0.508 e. The van der Waals surface area contributed by atoms with Gasteiger partial charge in [0.05, 0.1) is 35.0 Å². The number of carbonyl (C=O) groups is 7. The average molecular weight is 2020 g/mol. The Hall–Kier alpha value is -11.3. The summed E-state index contributed by atoms with van der Waals surface area (Å²) in [6.45, 7) is 78.4. The molecular formula is C117H177ClN14O13. The van der Waals surface area contributed by atoms with Crippen LogP contribution in [0.25, 0.3) is 0 Å². The van der Waals surface area contributed by atoms with Crippen molar-refractivity contribution in [1.82, 2.24) is 34.3 Å². The summed E-state index contributed by atoms with van der Waals surface area (Å²) < 4.78 is 21.6. The molecule has 0 atom stereocenters. The average Bonchev–Trinajstić information content (AvgIpc) is 0.773. The Morgan fingerprint density at radius 2 is 0.552 bits per heavy atom. The summed E-state index contributed by atoms with van der Waals surface area (Å²) >= 11 is 6.18. The van der Waals surface area contributed by atoms with Crippen molar-refractivity contribution in [3.05, 3.63) is 177 Å². The maximum absolute atomic E-state index is 12.4. The van der Waals surface area contributed by atoms with Gasteiger partial charge in [0.1, 0.15) is 28.7 Å². The Kier molecular flexibility index (Phi) is 42.5. The molecule has 7 fully saturated rings. The molecule has 28 heteroatoms. The van der Waals surface area contributed by atoms with Crippen molar-refractivity contribution in [2.75, 3.05) is 246 Å². The van der Waals surface area contributed by atoms with Crippen LogP contribution >= 0.6 is 11.6 Å². The molecule has 0 bridgehead atoms. The molecule has 145 heavy (non-hydrogen) atoms. The number of methoxy groups -OCH3 is 4. The normalized spacial score (nSPS) is 16.2. The van der Waals surface area contributed by atoms with Gasteiger partial charge in [-0.1, -0.05) is 211 Å². The maximum Gasteiger partial charge on any atom is 0.228 e. The molecule has 0 saturated carbocycles. The minimum atomic E-state index is -0.321. The van der Waals surface area contributed by atoms with Crippen LogP contribution in [0.5, 0.6) is 28.7 Å². The first kappa shape index (κ1) is 119. The van der Waals surface area contributed by atoms with Crippen molar-refractivity contribution in [2.45, 2.75) is 200 Å². The standard InChI is InChI=1S/C18H28N2O3.3C17H26N2O2.C16H23ClN2O.C16H24N2O2.C16H24N2O/c1-13-15(22-5)11-14(12-16(13)23-6)19-7-9-20(10-8-19)17(21)18(2,3)4;1-13-10-14(12-15(11-13)21-5)18-6-8-19(9-7-18)16(20)17(2,3)4;1-13-6-7-14(12-15(13)21-5)18-8-10-19(11-9-18)16(20)17(2,3)4;1-13-5-6-15(14(11-13)12-20)18-7-9-19(10-8-18)16(21)17(2,3)4;1-12-5-6-13(11-14(12)17)18-7-9-19(10-8-18)15(20)16(2,3)4;1-12-5-6-13(11-14(12)19)17-7-9-18(10-8-17)15(20)16(2,3)4;1-13-7-5-6-8-14(13)17-9-11-18(12-10-17)15(19)16(2,3)4/h11-12H,7-10H2,1-6H3;10-12H,6-9H2,1-5H3;6-7,12H,8-11H2,1-5H3;5-6,11,20H,7-10,12H2,1-4H3;5-6,11H,7-10H2,1-4H3;5-6,11,19H,7-10H2,1-4H3;5-8H,9-12H2,1-4H3. The number of ether oxygens (including phenoxy) is 4. The highest BCUT2D eigenvalue weighted by Gasteiger charge is 2.38. The number of benzene rings is 7. The summed E-state index contributed by atoms with van der Waals surface area (Å²) in [6, 6.07) is 43.2. The van der Waals surface area contributed by atoms with Crippen LogP contribution in [0.4, 0.5) is 39.8 Å². The van der Waals surface area contributed by atoms with Gasteiger partial charge < -0.3 is 97.8 Å². The lowest BCUT2D eigenvalue weighted by Crippen LogP contribution is -2.51. The Morgan fingerprint density at radius 1 is 0.269 bits per heavy atom. The Balaban J connectivity index is 0.000000207. The predicted octanol–water partition coefficient (Wildman–Crippen LogP) is 18.7.